The lowest BCUT2D eigenvalue weighted by molar-refractivity contribution is -0.131. The van der Waals surface area contributed by atoms with Crippen LogP contribution in [-0.2, 0) is 4.79 Å². The van der Waals surface area contributed by atoms with Crippen molar-refractivity contribution in [2.45, 2.75) is 12.8 Å². The number of nitrogens with zero attached hydrogens (tertiary/aromatic N) is 2. The monoisotopic (exact) mass is 171 g/mol. The molecule has 5 heteroatoms. The number of carbonyl (C=O) groups is 1. The van der Waals surface area contributed by atoms with E-state index in [9.17, 15) is 4.79 Å². The minimum absolute atomic E-state index is 0.0289. The number of rotatable bonds is 2. The topological polar surface area (TPSA) is 78.9 Å². The summed E-state index contributed by atoms with van der Waals surface area (Å²) >= 11 is 0. The number of amidine groups is 1. The quantitative estimate of drug-likeness (QED) is 0.257. The number of oxime groups is 1. The average molecular weight is 171 g/mol. The molecule has 0 aromatic heterocycles. The van der Waals surface area contributed by atoms with E-state index in [-0.39, 0.29) is 11.7 Å². The molecular weight excluding hydrogens is 158 g/mol. The number of hydrogen-bond acceptors (Lipinski definition) is 3. The standard InChI is InChI=1S/C7H13N3O2/c1-10(2)6(11)7(3-4-7)5(8)9-12/h12H,3-4H2,1-2H3,(H2,8,9). The van der Waals surface area contributed by atoms with Gasteiger partial charge in [-0.1, -0.05) is 5.16 Å². The van der Waals surface area contributed by atoms with Gasteiger partial charge in [-0.2, -0.15) is 0 Å². The molecule has 0 spiro atoms. The molecule has 0 aromatic rings. The van der Waals surface area contributed by atoms with E-state index in [1.807, 2.05) is 0 Å². The van der Waals surface area contributed by atoms with Gasteiger partial charge in [-0.05, 0) is 12.8 Å². The molecule has 68 valence electrons. The molecule has 1 rings (SSSR count). The largest absolute Gasteiger partial charge is 0.409 e. The summed E-state index contributed by atoms with van der Waals surface area (Å²) in [5.41, 5.74) is 4.71. The molecule has 0 radical (unpaired) electrons. The first-order chi connectivity index (χ1) is 5.54. The van der Waals surface area contributed by atoms with Gasteiger partial charge >= 0.3 is 0 Å². The van der Waals surface area contributed by atoms with Crippen LogP contribution in [-0.4, -0.2) is 35.9 Å². The molecule has 0 aromatic carbocycles. The Morgan fingerprint density at radius 3 is 2.33 bits per heavy atom. The van der Waals surface area contributed by atoms with Crippen molar-refractivity contribution in [1.82, 2.24) is 4.90 Å². The summed E-state index contributed by atoms with van der Waals surface area (Å²) in [5.74, 6) is -0.0565. The third-order valence-electron chi connectivity index (χ3n) is 2.16. The highest BCUT2D eigenvalue weighted by Gasteiger charge is 2.54. The molecule has 1 aliphatic carbocycles. The molecule has 0 heterocycles. The van der Waals surface area contributed by atoms with E-state index < -0.39 is 5.41 Å². The second kappa shape index (κ2) is 2.66. The third-order valence-corrected chi connectivity index (χ3v) is 2.16. The Balaban J connectivity index is 2.80. The fraction of sp³-hybridized carbons (Fsp3) is 0.714. The van der Waals surface area contributed by atoms with Gasteiger partial charge < -0.3 is 15.8 Å². The van der Waals surface area contributed by atoms with Crippen LogP contribution < -0.4 is 5.73 Å². The number of nitrogens with two attached hydrogens (primary N) is 1. The summed E-state index contributed by atoms with van der Waals surface area (Å²) in [5, 5.41) is 11.3. The van der Waals surface area contributed by atoms with Crippen LogP contribution in [0.5, 0.6) is 0 Å². The van der Waals surface area contributed by atoms with Crippen molar-refractivity contribution >= 4 is 11.7 Å². The maximum Gasteiger partial charge on any atom is 0.236 e. The second-order valence-electron chi connectivity index (χ2n) is 3.27. The van der Waals surface area contributed by atoms with Crippen molar-refractivity contribution in [2.75, 3.05) is 14.1 Å². The normalized spacial score (nSPS) is 20.3. The zero-order valence-corrected chi connectivity index (χ0v) is 7.24. The first-order valence-corrected chi connectivity index (χ1v) is 3.74. The van der Waals surface area contributed by atoms with E-state index in [0.29, 0.717) is 12.8 Å². The molecule has 1 saturated carbocycles. The van der Waals surface area contributed by atoms with Gasteiger partial charge in [0.25, 0.3) is 0 Å². The minimum atomic E-state index is -0.696. The van der Waals surface area contributed by atoms with Gasteiger partial charge in [0.1, 0.15) is 5.41 Å². The highest BCUT2D eigenvalue weighted by atomic mass is 16.4. The van der Waals surface area contributed by atoms with Gasteiger partial charge in [0.15, 0.2) is 5.84 Å². The Morgan fingerprint density at radius 1 is 1.58 bits per heavy atom. The first kappa shape index (κ1) is 8.83. The maximum absolute atomic E-state index is 11.5. The fourth-order valence-corrected chi connectivity index (χ4v) is 1.23. The summed E-state index contributed by atoms with van der Waals surface area (Å²) < 4.78 is 0. The second-order valence-corrected chi connectivity index (χ2v) is 3.27. The van der Waals surface area contributed by atoms with Crippen LogP contribution in [0.1, 0.15) is 12.8 Å². The van der Waals surface area contributed by atoms with Crippen LogP contribution in [0.25, 0.3) is 0 Å². The van der Waals surface area contributed by atoms with Crippen LogP contribution in [0, 0.1) is 5.41 Å². The molecule has 1 aliphatic rings. The van der Waals surface area contributed by atoms with E-state index >= 15 is 0 Å². The molecule has 5 nitrogen and oxygen atoms in total. The average Bonchev–Trinajstić information content (AvgIpc) is 2.82. The van der Waals surface area contributed by atoms with Crippen LogP contribution in [0.3, 0.4) is 0 Å². The fourth-order valence-electron chi connectivity index (χ4n) is 1.23. The van der Waals surface area contributed by atoms with Crippen molar-refractivity contribution in [3.05, 3.63) is 0 Å². The molecule has 0 aliphatic heterocycles. The predicted molar refractivity (Wildman–Crippen MR) is 43.8 cm³/mol. The van der Waals surface area contributed by atoms with E-state index in [2.05, 4.69) is 5.16 Å². The summed E-state index contributed by atoms with van der Waals surface area (Å²) in [6, 6.07) is 0. The van der Waals surface area contributed by atoms with E-state index in [0.717, 1.165) is 0 Å². The molecule has 12 heavy (non-hydrogen) atoms. The van der Waals surface area contributed by atoms with Crippen molar-refractivity contribution in [1.29, 1.82) is 0 Å². The van der Waals surface area contributed by atoms with Crippen molar-refractivity contribution < 1.29 is 10.0 Å². The van der Waals surface area contributed by atoms with Crippen LogP contribution >= 0.6 is 0 Å². The Morgan fingerprint density at radius 2 is 2.08 bits per heavy atom. The van der Waals surface area contributed by atoms with Gasteiger partial charge in [-0.25, -0.2) is 0 Å². The number of amides is 1. The van der Waals surface area contributed by atoms with Gasteiger partial charge in [0, 0.05) is 14.1 Å². The van der Waals surface area contributed by atoms with Crippen LogP contribution in [0.4, 0.5) is 0 Å². The highest BCUT2D eigenvalue weighted by Crippen LogP contribution is 2.46. The number of hydrogen-bond donors (Lipinski definition) is 2. The predicted octanol–water partition coefficient (Wildman–Crippen LogP) is -0.399. The zero-order valence-electron chi connectivity index (χ0n) is 7.24. The Labute approximate surface area is 70.8 Å². The molecule has 1 fully saturated rings. The van der Waals surface area contributed by atoms with E-state index in [1.165, 1.54) is 4.90 Å². The van der Waals surface area contributed by atoms with Crippen molar-refractivity contribution in [3.63, 3.8) is 0 Å². The lowest BCUT2D eigenvalue weighted by Crippen LogP contribution is -2.39. The van der Waals surface area contributed by atoms with Gasteiger partial charge in [-0.3, -0.25) is 4.79 Å². The van der Waals surface area contributed by atoms with Gasteiger partial charge in [-0.15, -0.1) is 0 Å². The Bertz CT molecular complexity index is 231. The lowest BCUT2D eigenvalue weighted by atomic mass is 10.1. The first-order valence-electron chi connectivity index (χ1n) is 3.74. The SMILES string of the molecule is CN(C)C(=O)C1(/C(N)=N\O)CC1. The third kappa shape index (κ3) is 1.11. The Kier molecular flexibility index (Phi) is 1.95. The van der Waals surface area contributed by atoms with E-state index in [4.69, 9.17) is 10.9 Å². The van der Waals surface area contributed by atoms with E-state index in [1.54, 1.807) is 14.1 Å². The van der Waals surface area contributed by atoms with Crippen LogP contribution in [0.2, 0.25) is 0 Å². The Hall–Kier alpha value is -1.26. The number of carbonyl (C=O) groups excluding carboxylic acids is 1. The molecule has 0 atom stereocenters. The summed E-state index contributed by atoms with van der Waals surface area (Å²) in [7, 11) is 3.32. The molecule has 0 saturated heterocycles. The smallest absolute Gasteiger partial charge is 0.236 e. The summed E-state index contributed by atoms with van der Waals surface area (Å²) in [4.78, 5) is 12.9. The molecule has 3 N–H and O–H groups in total. The highest BCUT2D eigenvalue weighted by molar-refractivity contribution is 6.09. The van der Waals surface area contributed by atoms with Gasteiger partial charge in [0.2, 0.25) is 5.91 Å². The molecule has 0 unspecified atom stereocenters. The molecule has 0 bridgehead atoms. The van der Waals surface area contributed by atoms with Crippen molar-refractivity contribution in [3.8, 4) is 0 Å². The van der Waals surface area contributed by atoms with Crippen LogP contribution in [0.15, 0.2) is 5.16 Å². The zero-order chi connectivity index (χ0) is 9.35. The van der Waals surface area contributed by atoms with Gasteiger partial charge in [0.05, 0.1) is 0 Å². The summed E-state index contributed by atoms with van der Waals surface area (Å²) in [6.45, 7) is 0. The molecular formula is C7H13N3O2. The lowest BCUT2D eigenvalue weighted by Gasteiger charge is -2.17. The van der Waals surface area contributed by atoms with Crippen molar-refractivity contribution in [2.24, 2.45) is 16.3 Å². The minimum Gasteiger partial charge on any atom is -0.409 e. The molecule has 1 amide bonds. The summed E-state index contributed by atoms with van der Waals surface area (Å²) in [6.07, 6.45) is 1.36. The maximum atomic E-state index is 11.5.